The van der Waals surface area contributed by atoms with E-state index >= 15 is 0 Å². The zero-order chi connectivity index (χ0) is 15.5. The molecule has 1 heterocycles. The molecule has 2 unspecified atom stereocenters. The summed E-state index contributed by atoms with van der Waals surface area (Å²) in [7, 11) is 1.72. The molecule has 118 valence electrons. The van der Waals surface area contributed by atoms with Gasteiger partial charge in [0.2, 0.25) is 0 Å². The number of ether oxygens (including phenoxy) is 1. The Morgan fingerprint density at radius 3 is 2.67 bits per heavy atom. The Labute approximate surface area is 121 Å². The second kappa shape index (κ2) is 6.75. The highest BCUT2D eigenvalue weighted by Gasteiger charge is 2.34. The van der Waals surface area contributed by atoms with E-state index in [-0.39, 0.29) is 12.1 Å². The third-order valence-corrected chi connectivity index (χ3v) is 3.85. The summed E-state index contributed by atoms with van der Waals surface area (Å²) in [5, 5.41) is 3.02. The third kappa shape index (κ3) is 4.17. The lowest BCUT2D eigenvalue weighted by atomic mass is 9.98. The van der Waals surface area contributed by atoms with Crippen LogP contribution in [0.5, 0.6) is 0 Å². The quantitative estimate of drug-likeness (QED) is 0.828. The van der Waals surface area contributed by atoms with Gasteiger partial charge in [-0.2, -0.15) is 13.2 Å². The van der Waals surface area contributed by atoms with Crippen LogP contribution in [0.15, 0.2) is 18.2 Å². The highest BCUT2D eigenvalue weighted by atomic mass is 19.4. The maximum absolute atomic E-state index is 13.6. The van der Waals surface area contributed by atoms with Crippen LogP contribution in [0.1, 0.15) is 42.9 Å². The Morgan fingerprint density at radius 2 is 2.14 bits per heavy atom. The molecule has 0 radical (unpaired) electrons. The first-order valence-corrected chi connectivity index (χ1v) is 7.07. The van der Waals surface area contributed by atoms with Crippen molar-refractivity contribution in [3.05, 3.63) is 35.1 Å². The van der Waals surface area contributed by atoms with E-state index in [1.54, 1.807) is 7.05 Å². The lowest BCUT2D eigenvalue weighted by Crippen LogP contribution is -2.19. The number of rotatable bonds is 5. The molecule has 1 saturated heterocycles. The van der Waals surface area contributed by atoms with E-state index in [0.717, 1.165) is 38.0 Å². The smallest absolute Gasteiger partial charge is 0.378 e. The van der Waals surface area contributed by atoms with Crippen molar-refractivity contribution in [1.82, 2.24) is 5.32 Å². The molecular formula is C15H19F4NO. The molecule has 1 N–H and O–H groups in total. The first kappa shape index (κ1) is 16.2. The van der Waals surface area contributed by atoms with Gasteiger partial charge in [-0.05, 0) is 50.4 Å². The van der Waals surface area contributed by atoms with Gasteiger partial charge in [-0.25, -0.2) is 4.39 Å². The zero-order valence-corrected chi connectivity index (χ0v) is 11.8. The number of hydrogen-bond acceptors (Lipinski definition) is 2. The average molecular weight is 305 g/mol. The van der Waals surface area contributed by atoms with E-state index < -0.39 is 17.6 Å². The zero-order valence-electron chi connectivity index (χ0n) is 11.8. The van der Waals surface area contributed by atoms with Crippen LogP contribution < -0.4 is 5.32 Å². The lowest BCUT2D eigenvalue weighted by molar-refractivity contribution is -0.140. The van der Waals surface area contributed by atoms with Crippen LogP contribution in [0.2, 0.25) is 0 Å². The van der Waals surface area contributed by atoms with E-state index in [4.69, 9.17) is 4.74 Å². The molecule has 0 spiro atoms. The summed E-state index contributed by atoms with van der Waals surface area (Å²) in [6.45, 7) is 0.768. The maximum atomic E-state index is 13.6. The molecule has 0 bridgehead atoms. The highest BCUT2D eigenvalue weighted by molar-refractivity contribution is 5.28. The van der Waals surface area contributed by atoms with E-state index in [0.29, 0.717) is 12.0 Å². The fourth-order valence-electron chi connectivity index (χ4n) is 2.68. The van der Waals surface area contributed by atoms with Crippen molar-refractivity contribution in [2.45, 2.75) is 44.0 Å². The van der Waals surface area contributed by atoms with Crippen molar-refractivity contribution in [2.24, 2.45) is 0 Å². The van der Waals surface area contributed by atoms with Crippen molar-refractivity contribution in [3.63, 3.8) is 0 Å². The SMILES string of the molecule is CNC(CCC1CCCO1)c1ccc(C(F)(F)F)c(F)c1. The van der Waals surface area contributed by atoms with Gasteiger partial charge in [-0.15, -0.1) is 0 Å². The molecule has 1 aromatic rings. The van der Waals surface area contributed by atoms with Crippen molar-refractivity contribution in [3.8, 4) is 0 Å². The molecule has 0 aromatic heterocycles. The van der Waals surface area contributed by atoms with Crippen LogP contribution in [0, 0.1) is 5.82 Å². The first-order valence-electron chi connectivity index (χ1n) is 7.07. The van der Waals surface area contributed by atoms with Crippen LogP contribution >= 0.6 is 0 Å². The van der Waals surface area contributed by atoms with Crippen molar-refractivity contribution >= 4 is 0 Å². The second-order valence-corrected chi connectivity index (χ2v) is 5.29. The summed E-state index contributed by atoms with van der Waals surface area (Å²) < 4.78 is 56.8. The molecule has 21 heavy (non-hydrogen) atoms. The second-order valence-electron chi connectivity index (χ2n) is 5.29. The summed E-state index contributed by atoms with van der Waals surface area (Å²) in [5.41, 5.74) is -0.693. The fraction of sp³-hybridized carbons (Fsp3) is 0.600. The van der Waals surface area contributed by atoms with Gasteiger partial charge in [0.15, 0.2) is 0 Å². The minimum absolute atomic E-state index is 0.175. The first-order chi connectivity index (χ1) is 9.91. The molecule has 1 aliphatic rings. The molecule has 0 aliphatic carbocycles. The number of nitrogens with one attached hydrogen (secondary N) is 1. The standard InChI is InChI=1S/C15H19F4NO/c1-20-14(7-5-11-3-2-8-21-11)10-4-6-12(13(16)9-10)15(17,18)19/h4,6,9,11,14,20H,2-3,5,7-8H2,1H3. The Balaban J connectivity index is 2.05. The number of hydrogen-bond donors (Lipinski definition) is 1. The van der Waals surface area contributed by atoms with E-state index in [9.17, 15) is 17.6 Å². The Bertz CT molecular complexity index is 469. The Hall–Kier alpha value is -1.14. The van der Waals surface area contributed by atoms with Crippen LogP contribution in [-0.2, 0) is 10.9 Å². The molecule has 1 aliphatic heterocycles. The van der Waals surface area contributed by atoms with Gasteiger partial charge < -0.3 is 10.1 Å². The predicted molar refractivity (Wildman–Crippen MR) is 71.4 cm³/mol. The van der Waals surface area contributed by atoms with E-state index in [1.165, 1.54) is 6.07 Å². The lowest BCUT2D eigenvalue weighted by Gasteiger charge is -2.19. The molecule has 6 heteroatoms. The maximum Gasteiger partial charge on any atom is 0.419 e. The van der Waals surface area contributed by atoms with Gasteiger partial charge in [0, 0.05) is 12.6 Å². The molecule has 1 aromatic carbocycles. The van der Waals surface area contributed by atoms with Gasteiger partial charge in [0.25, 0.3) is 0 Å². The molecule has 2 nitrogen and oxygen atoms in total. The van der Waals surface area contributed by atoms with Crippen molar-refractivity contribution in [1.29, 1.82) is 0 Å². The molecule has 2 atom stereocenters. The minimum atomic E-state index is -4.66. The average Bonchev–Trinajstić information content (AvgIpc) is 2.91. The van der Waals surface area contributed by atoms with Crippen LogP contribution in [0.25, 0.3) is 0 Å². The van der Waals surface area contributed by atoms with Gasteiger partial charge in [-0.1, -0.05) is 6.07 Å². The molecule has 0 saturated carbocycles. The number of halogens is 4. The van der Waals surface area contributed by atoms with Crippen molar-refractivity contribution < 1.29 is 22.3 Å². The number of alkyl halides is 3. The van der Waals surface area contributed by atoms with E-state index in [2.05, 4.69) is 5.32 Å². The highest BCUT2D eigenvalue weighted by Crippen LogP contribution is 2.33. The predicted octanol–water partition coefficient (Wildman–Crippen LogP) is 4.06. The molecule has 0 amide bonds. The van der Waals surface area contributed by atoms with Crippen molar-refractivity contribution in [2.75, 3.05) is 13.7 Å². The monoisotopic (exact) mass is 305 g/mol. The summed E-state index contributed by atoms with van der Waals surface area (Å²) >= 11 is 0. The van der Waals surface area contributed by atoms with Gasteiger partial charge in [-0.3, -0.25) is 0 Å². The van der Waals surface area contributed by atoms with Crippen LogP contribution in [0.4, 0.5) is 17.6 Å². The van der Waals surface area contributed by atoms with Gasteiger partial charge in [0.05, 0.1) is 11.7 Å². The van der Waals surface area contributed by atoms with Crippen LogP contribution in [0.3, 0.4) is 0 Å². The number of benzene rings is 1. The topological polar surface area (TPSA) is 21.3 Å². The fourth-order valence-corrected chi connectivity index (χ4v) is 2.68. The van der Waals surface area contributed by atoms with Gasteiger partial charge in [0.1, 0.15) is 5.82 Å². The molecule has 2 rings (SSSR count). The minimum Gasteiger partial charge on any atom is -0.378 e. The summed E-state index contributed by atoms with van der Waals surface area (Å²) in [6, 6.07) is 2.94. The molecular weight excluding hydrogens is 286 g/mol. The van der Waals surface area contributed by atoms with E-state index in [1.807, 2.05) is 0 Å². The normalized spacial score (nSPS) is 20.7. The third-order valence-electron chi connectivity index (χ3n) is 3.85. The van der Waals surface area contributed by atoms with Crippen LogP contribution in [-0.4, -0.2) is 19.8 Å². The largest absolute Gasteiger partial charge is 0.419 e. The Kier molecular flexibility index (Phi) is 5.22. The summed E-state index contributed by atoms with van der Waals surface area (Å²) in [4.78, 5) is 0. The summed E-state index contributed by atoms with van der Waals surface area (Å²) in [6.07, 6.45) is -0.878. The summed E-state index contributed by atoms with van der Waals surface area (Å²) in [5.74, 6) is -1.22. The Morgan fingerprint density at radius 1 is 1.38 bits per heavy atom. The van der Waals surface area contributed by atoms with Gasteiger partial charge >= 0.3 is 6.18 Å². The molecule has 1 fully saturated rings.